The van der Waals surface area contributed by atoms with E-state index in [1.807, 2.05) is 18.2 Å². The van der Waals surface area contributed by atoms with Gasteiger partial charge >= 0.3 is 0 Å². The van der Waals surface area contributed by atoms with E-state index < -0.39 is 5.54 Å². The van der Waals surface area contributed by atoms with Crippen molar-refractivity contribution in [3.05, 3.63) is 69.2 Å². The first kappa shape index (κ1) is 13.3. The first-order valence-corrected chi connectivity index (χ1v) is 6.84. The minimum atomic E-state index is -0.488. The minimum Gasteiger partial charge on any atom is -0.318 e. The van der Waals surface area contributed by atoms with Crippen LogP contribution in [0, 0.1) is 13.8 Å². The van der Waals surface area contributed by atoms with Crippen LogP contribution in [0.1, 0.15) is 29.2 Å². The molecule has 1 nitrogen and oxygen atoms in total. The fraction of sp³-hybridized carbons (Fsp3) is 0.250. The van der Waals surface area contributed by atoms with Gasteiger partial charge in [-0.1, -0.05) is 57.9 Å². The molecular formula is C16H18BrN. The predicted molar refractivity (Wildman–Crippen MR) is 80.7 cm³/mol. The summed E-state index contributed by atoms with van der Waals surface area (Å²) in [5.74, 6) is 0. The predicted octanol–water partition coefficient (Wildman–Crippen LogP) is 4.29. The Morgan fingerprint density at radius 2 is 1.67 bits per heavy atom. The molecule has 2 N–H and O–H groups in total. The Bertz CT molecular complexity index is 573. The summed E-state index contributed by atoms with van der Waals surface area (Å²) in [7, 11) is 0. The van der Waals surface area contributed by atoms with Crippen LogP contribution in [0.25, 0.3) is 0 Å². The monoisotopic (exact) mass is 303 g/mol. The summed E-state index contributed by atoms with van der Waals surface area (Å²) < 4.78 is 1.05. The molecule has 0 aliphatic carbocycles. The van der Waals surface area contributed by atoms with Gasteiger partial charge in [-0.3, -0.25) is 0 Å². The molecule has 2 rings (SSSR count). The average Bonchev–Trinajstić information content (AvgIpc) is 2.28. The second-order valence-corrected chi connectivity index (χ2v) is 5.85. The summed E-state index contributed by atoms with van der Waals surface area (Å²) in [5.41, 5.74) is 10.9. The Balaban J connectivity index is 2.58. The van der Waals surface area contributed by atoms with Gasteiger partial charge < -0.3 is 5.73 Å². The number of hydrogen-bond acceptors (Lipinski definition) is 1. The molecule has 0 saturated heterocycles. The van der Waals surface area contributed by atoms with Crippen LogP contribution in [0.5, 0.6) is 0 Å². The Kier molecular flexibility index (Phi) is 3.60. The van der Waals surface area contributed by atoms with Crippen LogP contribution >= 0.6 is 15.9 Å². The maximum Gasteiger partial charge on any atom is 0.0650 e. The van der Waals surface area contributed by atoms with Crippen molar-refractivity contribution >= 4 is 15.9 Å². The van der Waals surface area contributed by atoms with Gasteiger partial charge in [0.15, 0.2) is 0 Å². The van der Waals surface area contributed by atoms with Crippen LogP contribution in [0.3, 0.4) is 0 Å². The smallest absolute Gasteiger partial charge is 0.0650 e. The maximum absolute atomic E-state index is 6.58. The normalized spacial score (nSPS) is 14.3. The molecule has 0 bridgehead atoms. The van der Waals surface area contributed by atoms with Crippen LogP contribution in [0.4, 0.5) is 0 Å². The lowest BCUT2D eigenvalue weighted by Crippen LogP contribution is -2.35. The molecule has 0 aliphatic heterocycles. The van der Waals surface area contributed by atoms with E-state index in [2.05, 4.69) is 61.0 Å². The zero-order chi connectivity index (χ0) is 13.3. The SMILES string of the molecule is Cc1ccc(C(C)(N)c2ccccc2Br)c(C)c1. The fourth-order valence-electron chi connectivity index (χ4n) is 2.42. The third-order valence-corrected chi connectivity index (χ3v) is 4.07. The first-order valence-electron chi connectivity index (χ1n) is 6.04. The number of hydrogen-bond donors (Lipinski definition) is 1. The van der Waals surface area contributed by atoms with Crippen LogP contribution in [-0.2, 0) is 5.54 Å². The molecule has 0 fully saturated rings. The van der Waals surface area contributed by atoms with Gasteiger partial charge in [0, 0.05) is 4.47 Å². The minimum absolute atomic E-state index is 0.488. The molecule has 18 heavy (non-hydrogen) atoms. The van der Waals surface area contributed by atoms with Gasteiger partial charge in [0.25, 0.3) is 0 Å². The number of rotatable bonds is 2. The second kappa shape index (κ2) is 4.87. The largest absolute Gasteiger partial charge is 0.318 e. The van der Waals surface area contributed by atoms with Crippen molar-refractivity contribution in [1.82, 2.24) is 0 Å². The molecule has 0 spiro atoms. The number of nitrogens with two attached hydrogens (primary N) is 1. The zero-order valence-electron chi connectivity index (χ0n) is 11.0. The van der Waals surface area contributed by atoms with E-state index in [0.717, 1.165) is 10.0 Å². The third kappa shape index (κ3) is 2.36. The third-order valence-electron chi connectivity index (χ3n) is 3.37. The first-order chi connectivity index (χ1) is 8.43. The van der Waals surface area contributed by atoms with Crippen molar-refractivity contribution in [1.29, 1.82) is 0 Å². The van der Waals surface area contributed by atoms with E-state index in [1.165, 1.54) is 16.7 Å². The number of aryl methyl sites for hydroxylation is 2. The van der Waals surface area contributed by atoms with Crippen molar-refractivity contribution in [2.24, 2.45) is 5.73 Å². The zero-order valence-corrected chi connectivity index (χ0v) is 12.6. The van der Waals surface area contributed by atoms with Gasteiger partial charge in [-0.25, -0.2) is 0 Å². The lowest BCUT2D eigenvalue weighted by atomic mass is 9.83. The Labute approximate surface area is 117 Å². The summed E-state index contributed by atoms with van der Waals surface area (Å²) in [6.45, 7) is 6.28. The summed E-state index contributed by atoms with van der Waals surface area (Å²) >= 11 is 3.59. The fourth-order valence-corrected chi connectivity index (χ4v) is 3.12. The van der Waals surface area contributed by atoms with Crippen LogP contribution in [-0.4, -0.2) is 0 Å². The van der Waals surface area contributed by atoms with E-state index in [0.29, 0.717) is 0 Å². The van der Waals surface area contributed by atoms with E-state index >= 15 is 0 Å². The molecular weight excluding hydrogens is 286 g/mol. The van der Waals surface area contributed by atoms with Crippen LogP contribution < -0.4 is 5.73 Å². The van der Waals surface area contributed by atoms with E-state index in [-0.39, 0.29) is 0 Å². The lowest BCUT2D eigenvalue weighted by Gasteiger charge is -2.29. The Hall–Kier alpha value is -1.12. The summed E-state index contributed by atoms with van der Waals surface area (Å²) in [6.07, 6.45) is 0. The molecule has 0 aliphatic rings. The van der Waals surface area contributed by atoms with Gasteiger partial charge in [0.2, 0.25) is 0 Å². The second-order valence-electron chi connectivity index (χ2n) is 5.00. The molecule has 0 heterocycles. The maximum atomic E-state index is 6.58. The number of halogens is 1. The van der Waals surface area contributed by atoms with Gasteiger partial charge in [-0.05, 0) is 43.5 Å². The highest BCUT2D eigenvalue weighted by atomic mass is 79.9. The standard InChI is InChI=1S/C16H18BrN/c1-11-8-9-13(12(2)10-11)16(3,18)14-6-4-5-7-15(14)17/h4-10H,18H2,1-3H3. The molecule has 0 amide bonds. The average molecular weight is 304 g/mol. The molecule has 2 aromatic carbocycles. The van der Waals surface area contributed by atoms with Gasteiger partial charge in [-0.2, -0.15) is 0 Å². The van der Waals surface area contributed by atoms with E-state index in [1.54, 1.807) is 0 Å². The highest BCUT2D eigenvalue weighted by Crippen LogP contribution is 2.33. The quantitative estimate of drug-likeness (QED) is 0.880. The summed E-state index contributed by atoms with van der Waals surface area (Å²) in [4.78, 5) is 0. The summed E-state index contributed by atoms with van der Waals surface area (Å²) in [5, 5.41) is 0. The molecule has 94 valence electrons. The molecule has 1 atom stereocenters. The van der Waals surface area contributed by atoms with Gasteiger partial charge in [-0.15, -0.1) is 0 Å². The van der Waals surface area contributed by atoms with E-state index in [4.69, 9.17) is 5.73 Å². The molecule has 2 aromatic rings. The molecule has 0 radical (unpaired) electrons. The van der Waals surface area contributed by atoms with Crippen molar-refractivity contribution in [2.45, 2.75) is 26.3 Å². The van der Waals surface area contributed by atoms with Crippen molar-refractivity contribution in [2.75, 3.05) is 0 Å². The van der Waals surface area contributed by atoms with Gasteiger partial charge in [0.1, 0.15) is 0 Å². The summed E-state index contributed by atoms with van der Waals surface area (Å²) in [6, 6.07) is 14.6. The topological polar surface area (TPSA) is 26.0 Å². The highest BCUT2D eigenvalue weighted by molar-refractivity contribution is 9.10. The Morgan fingerprint density at radius 3 is 2.28 bits per heavy atom. The van der Waals surface area contributed by atoms with Crippen molar-refractivity contribution < 1.29 is 0 Å². The molecule has 1 unspecified atom stereocenters. The molecule has 0 aromatic heterocycles. The van der Waals surface area contributed by atoms with Crippen molar-refractivity contribution in [3.63, 3.8) is 0 Å². The lowest BCUT2D eigenvalue weighted by molar-refractivity contribution is 0.595. The molecule has 2 heteroatoms. The number of benzene rings is 2. The Morgan fingerprint density at radius 1 is 1.00 bits per heavy atom. The van der Waals surface area contributed by atoms with Gasteiger partial charge in [0.05, 0.1) is 5.54 Å². The molecule has 0 saturated carbocycles. The van der Waals surface area contributed by atoms with Crippen LogP contribution in [0.2, 0.25) is 0 Å². The highest BCUT2D eigenvalue weighted by Gasteiger charge is 2.27. The van der Waals surface area contributed by atoms with E-state index in [9.17, 15) is 0 Å². The van der Waals surface area contributed by atoms with Crippen molar-refractivity contribution in [3.8, 4) is 0 Å². The van der Waals surface area contributed by atoms with Crippen LogP contribution in [0.15, 0.2) is 46.9 Å².